The van der Waals surface area contributed by atoms with Crippen LogP contribution in [0.25, 0.3) is 0 Å². The van der Waals surface area contributed by atoms with E-state index in [0.29, 0.717) is 6.54 Å². The van der Waals surface area contributed by atoms with Gasteiger partial charge in [-0.25, -0.2) is 0 Å². The van der Waals surface area contributed by atoms with Gasteiger partial charge in [-0.1, -0.05) is 23.7 Å². The van der Waals surface area contributed by atoms with Crippen molar-refractivity contribution in [3.8, 4) is 0 Å². The molecular formula is C14H24ClN3. The number of nitrogens with zero attached hydrogens (tertiary/aromatic N) is 1. The summed E-state index contributed by atoms with van der Waals surface area (Å²) in [7, 11) is 4.14. The van der Waals surface area contributed by atoms with Gasteiger partial charge >= 0.3 is 0 Å². The van der Waals surface area contributed by atoms with Gasteiger partial charge in [0.1, 0.15) is 0 Å². The Morgan fingerprint density at radius 2 is 1.89 bits per heavy atom. The van der Waals surface area contributed by atoms with E-state index in [0.717, 1.165) is 24.5 Å². The van der Waals surface area contributed by atoms with E-state index in [1.54, 1.807) is 0 Å². The normalized spacial score (nSPS) is 14.8. The van der Waals surface area contributed by atoms with Crippen molar-refractivity contribution in [2.24, 2.45) is 5.73 Å². The highest BCUT2D eigenvalue weighted by atomic mass is 35.5. The van der Waals surface area contributed by atoms with Crippen LogP contribution in [0.15, 0.2) is 24.3 Å². The fourth-order valence-corrected chi connectivity index (χ4v) is 1.97. The maximum Gasteiger partial charge on any atom is 0.0406 e. The third-order valence-electron chi connectivity index (χ3n) is 3.07. The number of halogens is 1. The van der Waals surface area contributed by atoms with Gasteiger partial charge in [-0.15, -0.1) is 0 Å². The van der Waals surface area contributed by atoms with Crippen molar-refractivity contribution >= 4 is 11.6 Å². The summed E-state index contributed by atoms with van der Waals surface area (Å²) >= 11 is 5.89. The first-order valence-corrected chi connectivity index (χ1v) is 6.67. The number of nitrogens with two attached hydrogens (primary N) is 1. The van der Waals surface area contributed by atoms with Gasteiger partial charge in [0.15, 0.2) is 0 Å². The fraction of sp³-hybridized carbons (Fsp3) is 0.571. The van der Waals surface area contributed by atoms with E-state index in [4.69, 9.17) is 17.3 Å². The summed E-state index contributed by atoms with van der Waals surface area (Å²) < 4.78 is 0. The van der Waals surface area contributed by atoms with Crippen molar-refractivity contribution in [2.45, 2.75) is 18.9 Å². The number of rotatable bonds is 7. The summed E-state index contributed by atoms with van der Waals surface area (Å²) in [6.45, 7) is 4.73. The second kappa shape index (κ2) is 7.10. The third-order valence-corrected chi connectivity index (χ3v) is 3.32. The van der Waals surface area contributed by atoms with Crippen molar-refractivity contribution in [1.82, 2.24) is 10.2 Å². The molecule has 1 aromatic rings. The van der Waals surface area contributed by atoms with Crippen molar-refractivity contribution in [2.75, 3.05) is 33.7 Å². The molecule has 0 saturated carbocycles. The molecule has 1 aromatic carbocycles. The Bertz CT molecular complexity index is 351. The van der Waals surface area contributed by atoms with Crippen molar-refractivity contribution in [3.05, 3.63) is 34.9 Å². The number of benzene rings is 1. The molecule has 1 atom stereocenters. The molecule has 0 fully saturated rings. The monoisotopic (exact) mass is 269 g/mol. The van der Waals surface area contributed by atoms with E-state index in [1.165, 1.54) is 5.56 Å². The summed E-state index contributed by atoms with van der Waals surface area (Å²) in [4.78, 5) is 2.16. The Kier molecular flexibility index (Phi) is 6.09. The zero-order valence-electron chi connectivity index (χ0n) is 11.5. The zero-order valence-corrected chi connectivity index (χ0v) is 12.3. The molecule has 0 aliphatic carbocycles. The third kappa shape index (κ3) is 5.36. The SMILES string of the molecule is CN(C)CCNC(C)(CN)Cc1ccc(Cl)cc1. The molecule has 1 unspecified atom stereocenters. The molecule has 4 heteroatoms. The van der Waals surface area contributed by atoms with E-state index in [1.807, 2.05) is 12.1 Å². The van der Waals surface area contributed by atoms with Gasteiger partial charge in [0.2, 0.25) is 0 Å². The molecule has 0 spiro atoms. The number of hydrogen-bond donors (Lipinski definition) is 2. The first-order valence-electron chi connectivity index (χ1n) is 6.29. The van der Waals surface area contributed by atoms with Crippen LogP contribution in [-0.2, 0) is 6.42 Å². The maximum absolute atomic E-state index is 5.90. The predicted octanol–water partition coefficient (Wildman–Crippen LogP) is 1.75. The number of likely N-dealkylation sites (N-methyl/N-ethyl adjacent to an activating group) is 1. The second-order valence-corrected chi connectivity index (χ2v) is 5.73. The summed E-state index contributed by atoms with van der Waals surface area (Å²) in [5.74, 6) is 0. The molecule has 0 amide bonds. The van der Waals surface area contributed by atoms with Crippen LogP contribution >= 0.6 is 11.6 Å². The Balaban J connectivity index is 2.55. The highest BCUT2D eigenvalue weighted by Crippen LogP contribution is 2.15. The minimum Gasteiger partial charge on any atom is -0.329 e. The molecule has 0 radical (unpaired) electrons. The molecule has 102 valence electrons. The smallest absolute Gasteiger partial charge is 0.0406 e. The highest BCUT2D eigenvalue weighted by molar-refractivity contribution is 6.30. The zero-order chi connectivity index (χ0) is 13.6. The molecule has 0 aliphatic heterocycles. The molecule has 1 rings (SSSR count). The molecule has 18 heavy (non-hydrogen) atoms. The quantitative estimate of drug-likeness (QED) is 0.793. The average molecular weight is 270 g/mol. The second-order valence-electron chi connectivity index (χ2n) is 5.30. The maximum atomic E-state index is 5.90. The standard InChI is InChI=1S/C14H24ClN3/c1-14(11-16,17-8-9-18(2)3)10-12-4-6-13(15)7-5-12/h4-7,17H,8-11,16H2,1-3H3. The Labute approximate surface area is 115 Å². The van der Waals surface area contributed by atoms with E-state index in [2.05, 4.69) is 43.4 Å². The number of nitrogens with one attached hydrogen (secondary N) is 1. The molecule has 3 N–H and O–H groups in total. The molecule has 0 heterocycles. The average Bonchev–Trinajstić information content (AvgIpc) is 2.32. The highest BCUT2D eigenvalue weighted by Gasteiger charge is 2.21. The Morgan fingerprint density at radius 1 is 1.28 bits per heavy atom. The van der Waals surface area contributed by atoms with Gasteiger partial charge in [-0.2, -0.15) is 0 Å². The van der Waals surface area contributed by atoms with Crippen LogP contribution in [0.4, 0.5) is 0 Å². The molecule has 0 bridgehead atoms. The van der Waals surface area contributed by atoms with Crippen LogP contribution in [0.3, 0.4) is 0 Å². The van der Waals surface area contributed by atoms with Crippen LogP contribution in [0.1, 0.15) is 12.5 Å². The summed E-state index contributed by atoms with van der Waals surface area (Å²) in [6, 6.07) is 7.97. The van der Waals surface area contributed by atoms with Crippen LogP contribution in [0, 0.1) is 0 Å². The summed E-state index contributed by atoms with van der Waals surface area (Å²) in [5.41, 5.74) is 7.09. The van der Waals surface area contributed by atoms with Crippen molar-refractivity contribution < 1.29 is 0 Å². The van der Waals surface area contributed by atoms with Gasteiger partial charge in [0.25, 0.3) is 0 Å². The van der Waals surface area contributed by atoms with Gasteiger partial charge < -0.3 is 16.0 Å². The summed E-state index contributed by atoms with van der Waals surface area (Å²) in [5, 5.41) is 4.31. The lowest BCUT2D eigenvalue weighted by atomic mass is 9.93. The fourth-order valence-electron chi connectivity index (χ4n) is 1.84. The molecule has 0 aromatic heterocycles. The largest absolute Gasteiger partial charge is 0.329 e. The molecule has 0 saturated heterocycles. The topological polar surface area (TPSA) is 41.3 Å². The summed E-state index contributed by atoms with van der Waals surface area (Å²) in [6.07, 6.45) is 0.911. The minimum atomic E-state index is -0.0656. The molecular weight excluding hydrogens is 246 g/mol. The van der Waals surface area contributed by atoms with E-state index < -0.39 is 0 Å². The first-order chi connectivity index (χ1) is 8.45. The van der Waals surface area contributed by atoms with Gasteiger partial charge in [-0.05, 0) is 45.1 Å². The van der Waals surface area contributed by atoms with E-state index in [9.17, 15) is 0 Å². The van der Waals surface area contributed by atoms with Gasteiger partial charge in [-0.3, -0.25) is 0 Å². The van der Waals surface area contributed by atoms with Gasteiger partial charge in [0, 0.05) is 30.2 Å². The van der Waals surface area contributed by atoms with Crippen LogP contribution in [0.2, 0.25) is 5.02 Å². The lowest BCUT2D eigenvalue weighted by molar-refractivity contribution is 0.323. The van der Waals surface area contributed by atoms with E-state index >= 15 is 0 Å². The van der Waals surface area contributed by atoms with Crippen molar-refractivity contribution in [1.29, 1.82) is 0 Å². The lowest BCUT2D eigenvalue weighted by Gasteiger charge is -2.30. The first kappa shape index (κ1) is 15.4. The Hall–Kier alpha value is -0.610. The van der Waals surface area contributed by atoms with E-state index in [-0.39, 0.29) is 5.54 Å². The van der Waals surface area contributed by atoms with Crippen LogP contribution in [0.5, 0.6) is 0 Å². The minimum absolute atomic E-state index is 0.0656. The van der Waals surface area contributed by atoms with Gasteiger partial charge in [0.05, 0.1) is 0 Å². The number of hydrogen-bond acceptors (Lipinski definition) is 3. The Morgan fingerprint density at radius 3 is 2.39 bits per heavy atom. The lowest BCUT2D eigenvalue weighted by Crippen LogP contribution is -2.52. The van der Waals surface area contributed by atoms with Crippen molar-refractivity contribution in [3.63, 3.8) is 0 Å². The van der Waals surface area contributed by atoms with Crippen LogP contribution in [-0.4, -0.2) is 44.2 Å². The molecule has 0 aliphatic rings. The van der Waals surface area contributed by atoms with Crippen LogP contribution < -0.4 is 11.1 Å². The predicted molar refractivity (Wildman–Crippen MR) is 79.2 cm³/mol. The molecule has 3 nitrogen and oxygen atoms in total.